The topological polar surface area (TPSA) is 113 Å². The number of sulfonamides is 1. The first kappa shape index (κ1) is 18.8. The first-order valence-corrected chi connectivity index (χ1v) is 8.18. The van der Waals surface area contributed by atoms with Crippen molar-refractivity contribution in [1.29, 1.82) is 0 Å². The van der Waals surface area contributed by atoms with Crippen LogP contribution in [0.1, 0.15) is 11.6 Å². The Kier molecular flexibility index (Phi) is 6.05. The van der Waals surface area contributed by atoms with Gasteiger partial charge in [-0.05, 0) is 17.7 Å². The van der Waals surface area contributed by atoms with Crippen LogP contribution in [0.4, 0.5) is 4.39 Å². The fourth-order valence-electron chi connectivity index (χ4n) is 1.68. The molecule has 0 heterocycles. The lowest BCUT2D eigenvalue weighted by molar-refractivity contribution is -0.142. The van der Waals surface area contributed by atoms with Crippen molar-refractivity contribution in [3.63, 3.8) is 0 Å². The molecule has 1 amide bonds. The lowest BCUT2D eigenvalue weighted by atomic mass is 10.1. The van der Waals surface area contributed by atoms with Crippen LogP contribution in [0.3, 0.4) is 0 Å². The van der Waals surface area contributed by atoms with Crippen LogP contribution in [0.2, 0.25) is 0 Å². The van der Waals surface area contributed by atoms with Gasteiger partial charge in [0.1, 0.15) is 0 Å². The van der Waals surface area contributed by atoms with E-state index in [4.69, 9.17) is 4.74 Å². The maximum atomic E-state index is 13.7. The van der Waals surface area contributed by atoms with E-state index >= 15 is 0 Å². The van der Waals surface area contributed by atoms with Crippen molar-refractivity contribution in [2.75, 3.05) is 27.0 Å². The van der Waals surface area contributed by atoms with E-state index in [1.807, 2.05) is 0 Å². The number of carbonyl (C=O) groups excluding carboxylic acids is 1. The van der Waals surface area contributed by atoms with Crippen molar-refractivity contribution in [1.82, 2.24) is 9.62 Å². The third-order valence-corrected chi connectivity index (χ3v) is 4.26. The lowest BCUT2D eigenvalue weighted by Gasteiger charge is -2.18. The number of hydrogen-bond donors (Lipinski definition) is 2. The minimum Gasteiger partial charge on any atom is -0.494 e. The van der Waals surface area contributed by atoms with E-state index in [0.29, 0.717) is 0 Å². The van der Waals surface area contributed by atoms with E-state index in [0.717, 1.165) is 16.6 Å². The number of halogens is 1. The van der Waals surface area contributed by atoms with Gasteiger partial charge in [-0.2, -0.15) is 4.31 Å². The van der Waals surface area contributed by atoms with Crippen LogP contribution < -0.4 is 10.1 Å². The molecule has 1 atom stereocenters. The molecule has 0 radical (unpaired) electrons. The molecule has 0 fully saturated rings. The normalized spacial score (nSPS) is 12.7. The average molecular weight is 348 g/mol. The highest BCUT2D eigenvalue weighted by Crippen LogP contribution is 2.22. The number of ether oxygens (including phenoxy) is 1. The zero-order valence-corrected chi connectivity index (χ0v) is 13.6. The van der Waals surface area contributed by atoms with E-state index in [-0.39, 0.29) is 11.3 Å². The fourth-order valence-corrected chi connectivity index (χ4v) is 2.03. The Morgan fingerprint density at radius 3 is 2.48 bits per heavy atom. The SMILES string of the molecule is COc1ccc(C(NC(=O)CN(C)S(C)(=O)=O)C(=O)O)cc1F. The smallest absolute Gasteiger partial charge is 0.330 e. The molecule has 10 heteroatoms. The van der Waals surface area contributed by atoms with Gasteiger partial charge in [-0.3, -0.25) is 4.79 Å². The summed E-state index contributed by atoms with van der Waals surface area (Å²) in [5.41, 5.74) is -0.00819. The molecule has 128 valence electrons. The fraction of sp³-hybridized carbons (Fsp3) is 0.385. The standard InChI is InChI=1S/C13H17FN2O6S/c1-16(23(3,20)21)7-11(17)15-12(13(18)19)8-4-5-10(22-2)9(14)6-8/h4-6,12H,7H2,1-3H3,(H,15,17)(H,18,19). The van der Waals surface area contributed by atoms with Crippen molar-refractivity contribution in [2.45, 2.75) is 6.04 Å². The monoisotopic (exact) mass is 348 g/mol. The van der Waals surface area contributed by atoms with Crippen molar-refractivity contribution in [2.24, 2.45) is 0 Å². The van der Waals surface area contributed by atoms with E-state index in [9.17, 15) is 27.5 Å². The van der Waals surface area contributed by atoms with Crippen molar-refractivity contribution in [3.8, 4) is 5.75 Å². The van der Waals surface area contributed by atoms with E-state index in [2.05, 4.69) is 5.32 Å². The summed E-state index contributed by atoms with van der Waals surface area (Å²) in [4.78, 5) is 23.1. The highest BCUT2D eigenvalue weighted by Gasteiger charge is 2.25. The molecule has 0 aromatic heterocycles. The molecule has 1 aromatic carbocycles. The summed E-state index contributed by atoms with van der Waals surface area (Å²) in [7, 11) is -1.15. The number of hydrogen-bond acceptors (Lipinski definition) is 5. The maximum absolute atomic E-state index is 13.7. The number of carboxylic acid groups (broad SMARTS) is 1. The van der Waals surface area contributed by atoms with E-state index in [1.54, 1.807) is 0 Å². The van der Waals surface area contributed by atoms with Crippen LogP contribution in [0, 0.1) is 5.82 Å². The Morgan fingerprint density at radius 2 is 2.04 bits per heavy atom. The highest BCUT2D eigenvalue weighted by atomic mass is 32.2. The number of nitrogens with one attached hydrogen (secondary N) is 1. The summed E-state index contributed by atoms with van der Waals surface area (Å²) in [5.74, 6) is -3.09. The first-order valence-electron chi connectivity index (χ1n) is 6.33. The molecular formula is C13H17FN2O6S. The quantitative estimate of drug-likeness (QED) is 0.715. The molecule has 0 spiro atoms. The van der Waals surface area contributed by atoms with Gasteiger partial charge in [-0.15, -0.1) is 0 Å². The van der Waals surface area contributed by atoms with Crippen molar-refractivity contribution < 1.29 is 32.2 Å². The number of carboxylic acids is 1. The highest BCUT2D eigenvalue weighted by molar-refractivity contribution is 7.88. The largest absolute Gasteiger partial charge is 0.494 e. The molecule has 0 aliphatic carbocycles. The second-order valence-corrected chi connectivity index (χ2v) is 6.84. The first-order chi connectivity index (χ1) is 10.6. The minimum absolute atomic E-state index is 0.00819. The second kappa shape index (κ2) is 7.38. The second-order valence-electron chi connectivity index (χ2n) is 4.75. The third-order valence-electron chi connectivity index (χ3n) is 2.99. The predicted octanol–water partition coefficient (Wildman–Crippen LogP) is -0.0324. The van der Waals surface area contributed by atoms with E-state index < -0.39 is 40.3 Å². The van der Waals surface area contributed by atoms with Crippen LogP contribution in [-0.4, -0.2) is 56.7 Å². The predicted molar refractivity (Wildman–Crippen MR) is 78.9 cm³/mol. The zero-order chi connectivity index (χ0) is 17.8. The minimum atomic E-state index is -3.59. The number of likely N-dealkylation sites (N-methyl/N-ethyl adjacent to an activating group) is 1. The lowest BCUT2D eigenvalue weighted by Crippen LogP contribution is -2.41. The summed E-state index contributed by atoms with van der Waals surface area (Å²) in [6.07, 6.45) is 0.911. The number of amides is 1. The van der Waals surface area contributed by atoms with Gasteiger partial charge in [0.05, 0.1) is 19.9 Å². The summed E-state index contributed by atoms with van der Waals surface area (Å²) >= 11 is 0. The van der Waals surface area contributed by atoms with Gasteiger partial charge in [0.25, 0.3) is 0 Å². The Bertz CT molecular complexity index is 706. The molecule has 8 nitrogen and oxygen atoms in total. The Morgan fingerprint density at radius 1 is 1.43 bits per heavy atom. The Hall–Kier alpha value is -2.20. The van der Waals surface area contributed by atoms with Gasteiger partial charge < -0.3 is 15.2 Å². The van der Waals surface area contributed by atoms with Crippen molar-refractivity contribution >= 4 is 21.9 Å². The maximum Gasteiger partial charge on any atom is 0.330 e. The number of aliphatic carboxylic acids is 1. The van der Waals surface area contributed by atoms with Gasteiger partial charge in [0.2, 0.25) is 15.9 Å². The van der Waals surface area contributed by atoms with Gasteiger partial charge in [-0.25, -0.2) is 17.6 Å². The van der Waals surface area contributed by atoms with Crippen LogP contribution in [0.15, 0.2) is 18.2 Å². The molecule has 1 rings (SSSR count). The number of methoxy groups -OCH3 is 1. The molecule has 0 saturated heterocycles. The van der Waals surface area contributed by atoms with Crippen LogP contribution in [0.5, 0.6) is 5.75 Å². The van der Waals surface area contributed by atoms with Crippen molar-refractivity contribution in [3.05, 3.63) is 29.6 Å². The Balaban J connectivity index is 2.94. The van der Waals surface area contributed by atoms with Gasteiger partial charge >= 0.3 is 5.97 Å². The molecule has 0 aliphatic heterocycles. The molecule has 1 unspecified atom stereocenters. The molecular weight excluding hydrogens is 331 g/mol. The average Bonchev–Trinajstić information content (AvgIpc) is 2.43. The number of rotatable bonds is 7. The summed E-state index contributed by atoms with van der Waals surface area (Å²) in [5, 5.41) is 11.3. The van der Waals surface area contributed by atoms with Gasteiger partial charge in [0.15, 0.2) is 17.6 Å². The van der Waals surface area contributed by atoms with E-state index in [1.165, 1.54) is 26.3 Å². The number of benzene rings is 1. The third kappa shape index (κ3) is 5.18. The summed E-state index contributed by atoms with van der Waals surface area (Å²) in [6.45, 7) is -0.554. The van der Waals surface area contributed by atoms with Gasteiger partial charge in [-0.1, -0.05) is 6.07 Å². The van der Waals surface area contributed by atoms with Crippen LogP contribution >= 0.6 is 0 Å². The number of nitrogens with zero attached hydrogens (tertiary/aromatic N) is 1. The summed E-state index contributed by atoms with van der Waals surface area (Å²) in [6, 6.07) is 1.94. The molecule has 2 N–H and O–H groups in total. The summed E-state index contributed by atoms with van der Waals surface area (Å²) < 4.78 is 41.6. The molecule has 23 heavy (non-hydrogen) atoms. The molecule has 0 saturated carbocycles. The zero-order valence-electron chi connectivity index (χ0n) is 12.7. The van der Waals surface area contributed by atoms with Crippen LogP contribution in [0.25, 0.3) is 0 Å². The molecule has 1 aromatic rings. The molecule has 0 bridgehead atoms. The Labute approximate surface area is 132 Å². The molecule has 0 aliphatic rings. The number of carbonyl (C=O) groups is 2. The van der Waals surface area contributed by atoms with Crippen LogP contribution in [-0.2, 0) is 19.6 Å². The van der Waals surface area contributed by atoms with Gasteiger partial charge in [0, 0.05) is 7.05 Å².